The molecule has 6 aromatic heterocycles. The maximum Gasteiger partial charge on any atom is 0.165 e. The van der Waals surface area contributed by atoms with Crippen LogP contribution in [0.1, 0.15) is 0 Å². The quantitative estimate of drug-likeness (QED) is 0.160. The van der Waals surface area contributed by atoms with Gasteiger partial charge in [-0.1, -0.05) is 267 Å². The summed E-state index contributed by atoms with van der Waals surface area (Å²) in [6.07, 6.45) is 0. The van der Waals surface area contributed by atoms with E-state index in [1.165, 1.54) is 106 Å². The summed E-state index contributed by atoms with van der Waals surface area (Å²) in [5.74, 6) is 2.46. The molecular formula is C108H63N9OS2. The summed E-state index contributed by atoms with van der Waals surface area (Å²) >= 11 is 3.66. The lowest BCUT2D eigenvalue weighted by Gasteiger charge is -2.33. The molecule has 24 aromatic rings. The second-order valence-electron chi connectivity index (χ2n) is 30.6. The van der Waals surface area contributed by atoms with Crippen LogP contribution in [-0.4, -0.2) is 29.9 Å². The van der Waals surface area contributed by atoms with Gasteiger partial charge < -0.3 is 4.42 Å². The average molecular weight is 1570 g/mol. The Morgan fingerprint density at radius 1 is 0.208 bits per heavy atom. The van der Waals surface area contributed by atoms with E-state index in [-0.39, 0.29) is 0 Å². The molecule has 3 aliphatic heterocycles. The number of furan rings is 1. The number of hydrogen-bond donors (Lipinski definition) is 0. The zero-order valence-corrected chi connectivity index (χ0v) is 65.8. The third-order valence-corrected chi connectivity index (χ3v) is 26.2. The zero-order chi connectivity index (χ0) is 78.6. The molecule has 12 heteroatoms. The molecule has 120 heavy (non-hydrogen) atoms. The van der Waals surface area contributed by atoms with Crippen molar-refractivity contribution >= 4 is 202 Å². The minimum Gasteiger partial charge on any atom is -0.455 e. The van der Waals surface area contributed by atoms with Gasteiger partial charge in [0, 0.05) is 101 Å². The first-order valence-electron chi connectivity index (χ1n) is 40.3. The highest BCUT2D eigenvalue weighted by molar-refractivity contribution is 7.26. The van der Waals surface area contributed by atoms with Crippen LogP contribution in [0, 0.1) is 0 Å². The molecule has 0 spiro atoms. The predicted octanol–water partition coefficient (Wildman–Crippen LogP) is 30.3. The Morgan fingerprint density at radius 3 is 1.07 bits per heavy atom. The van der Waals surface area contributed by atoms with E-state index >= 15 is 0 Å². The third kappa shape index (κ3) is 10.5. The summed E-state index contributed by atoms with van der Waals surface area (Å²) in [4.78, 5) is 38.8. The van der Waals surface area contributed by atoms with Gasteiger partial charge in [-0.2, -0.15) is 0 Å². The van der Waals surface area contributed by atoms with Crippen LogP contribution in [0.15, 0.2) is 387 Å². The number of hydrogen-bond acceptors (Lipinski definition) is 12. The van der Waals surface area contributed by atoms with Crippen LogP contribution in [0.3, 0.4) is 0 Å². The van der Waals surface area contributed by atoms with E-state index in [1.54, 1.807) is 0 Å². The first-order chi connectivity index (χ1) is 59.5. The van der Waals surface area contributed by atoms with Gasteiger partial charge in [-0.05, 0) is 148 Å². The maximum absolute atomic E-state index is 6.49. The van der Waals surface area contributed by atoms with Gasteiger partial charge in [0.15, 0.2) is 17.5 Å². The molecule has 27 rings (SSSR count). The number of para-hydroxylation sites is 11. The summed E-state index contributed by atoms with van der Waals surface area (Å²) in [7, 11) is 0. The van der Waals surface area contributed by atoms with E-state index in [0.717, 1.165) is 140 Å². The molecule has 3 aliphatic rings. The van der Waals surface area contributed by atoms with Crippen molar-refractivity contribution in [3.8, 4) is 67.2 Å². The Balaban J connectivity index is 0.0000000997. The lowest BCUT2D eigenvalue weighted by atomic mass is 9.91. The first-order valence-corrected chi connectivity index (χ1v) is 41.9. The molecule has 0 fully saturated rings. The maximum atomic E-state index is 6.49. The van der Waals surface area contributed by atoms with E-state index in [0.29, 0.717) is 0 Å². The molecule has 0 aliphatic carbocycles. The van der Waals surface area contributed by atoms with Gasteiger partial charge in [-0.15, -0.1) is 22.7 Å². The molecule has 0 bridgehead atoms. The van der Waals surface area contributed by atoms with Gasteiger partial charge in [-0.3, -0.25) is 14.7 Å². The average Bonchev–Trinajstić information content (AvgIpc) is 1.34. The number of thiophene rings is 2. The first kappa shape index (κ1) is 67.7. The fourth-order valence-electron chi connectivity index (χ4n) is 18.7. The van der Waals surface area contributed by atoms with Gasteiger partial charge in [0.2, 0.25) is 0 Å². The van der Waals surface area contributed by atoms with Gasteiger partial charge >= 0.3 is 0 Å². The highest BCUT2D eigenvalue weighted by Gasteiger charge is 2.35. The van der Waals surface area contributed by atoms with Crippen molar-refractivity contribution in [3.63, 3.8) is 0 Å². The monoisotopic (exact) mass is 1570 g/mol. The SMILES string of the molecule is c1ccc2c(c1)-c1cccc3cccc(c13)N2c1nc2ccccc2nc1-c1ccc2sc3ccccc3c2c1.c1ccc2c(c1)-c1cccc3cccc(c13)N2c1nc2ccccc2nc1-c1cccc2c1oc1ccccc12.c1ccc2c(c1)-c1cccc3cccc(c13)N2c1nc2ccccc2nc1-c1cccc2sc3ccccc3c12. The van der Waals surface area contributed by atoms with Crippen LogP contribution in [0.2, 0.25) is 0 Å². The van der Waals surface area contributed by atoms with E-state index < -0.39 is 0 Å². The Kier molecular flexibility index (Phi) is 15.2. The van der Waals surface area contributed by atoms with Crippen molar-refractivity contribution in [1.29, 1.82) is 0 Å². The van der Waals surface area contributed by atoms with Gasteiger partial charge in [0.05, 0.1) is 67.2 Å². The van der Waals surface area contributed by atoms with Crippen molar-refractivity contribution in [1.82, 2.24) is 29.9 Å². The topological polar surface area (TPSA) is 100 Å². The molecule has 0 saturated carbocycles. The molecule has 0 amide bonds. The lowest BCUT2D eigenvalue weighted by Crippen LogP contribution is -2.18. The smallest absolute Gasteiger partial charge is 0.165 e. The minimum absolute atomic E-state index is 0.779. The minimum atomic E-state index is 0.779. The van der Waals surface area contributed by atoms with Crippen molar-refractivity contribution < 1.29 is 4.42 Å². The summed E-state index contributed by atoms with van der Waals surface area (Å²) in [5.41, 5.74) is 26.5. The van der Waals surface area contributed by atoms with E-state index in [1.807, 2.05) is 95.5 Å². The Hall–Kier alpha value is -15.6. The van der Waals surface area contributed by atoms with Crippen molar-refractivity contribution in [2.75, 3.05) is 14.7 Å². The van der Waals surface area contributed by atoms with Crippen molar-refractivity contribution in [3.05, 3.63) is 382 Å². The van der Waals surface area contributed by atoms with Crippen LogP contribution in [0.5, 0.6) is 0 Å². The lowest BCUT2D eigenvalue weighted by molar-refractivity contribution is 0.670. The van der Waals surface area contributed by atoms with Crippen LogP contribution >= 0.6 is 22.7 Å². The number of fused-ring (bicyclic) bond motifs is 18. The number of aromatic nitrogens is 6. The van der Waals surface area contributed by atoms with Crippen LogP contribution in [0.25, 0.3) is 195 Å². The van der Waals surface area contributed by atoms with Crippen LogP contribution in [0.4, 0.5) is 51.6 Å². The second kappa shape index (κ2) is 27.0. The Morgan fingerprint density at radius 2 is 0.542 bits per heavy atom. The van der Waals surface area contributed by atoms with E-state index in [4.69, 9.17) is 34.3 Å². The third-order valence-electron chi connectivity index (χ3n) is 23.9. The predicted molar refractivity (Wildman–Crippen MR) is 502 cm³/mol. The second-order valence-corrected chi connectivity index (χ2v) is 32.8. The number of anilines is 9. The largest absolute Gasteiger partial charge is 0.455 e. The normalized spacial score (nSPS) is 12.4. The molecule has 0 saturated heterocycles. The molecule has 10 nitrogen and oxygen atoms in total. The van der Waals surface area contributed by atoms with E-state index in [2.05, 4.69) is 324 Å². The van der Waals surface area contributed by atoms with Gasteiger partial charge in [0.1, 0.15) is 28.2 Å². The van der Waals surface area contributed by atoms with Crippen LogP contribution in [-0.2, 0) is 0 Å². The zero-order valence-electron chi connectivity index (χ0n) is 64.1. The Labute approximate surface area is 695 Å². The van der Waals surface area contributed by atoms with Crippen molar-refractivity contribution in [2.24, 2.45) is 0 Å². The van der Waals surface area contributed by atoms with Crippen LogP contribution < -0.4 is 14.7 Å². The molecule has 18 aromatic carbocycles. The number of rotatable bonds is 6. The Bertz CT molecular complexity index is 8420. The summed E-state index contributed by atoms with van der Waals surface area (Å²) in [6, 6.07) is 135. The molecule has 9 heterocycles. The van der Waals surface area contributed by atoms with Gasteiger partial charge in [-0.25, -0.2) is 29.9 Å². The van der Waals surface area contributed by atoms with Gasteiger partial charge in [0.25, 0.3) is 0 Å². The fraction of sp³-hybridized carbons (Fsp3) is 0. The summed E-state index contributed by atoms with van der Waals surface area (Å²) in [6.45, 7) is 0. The summed E-state index contributed by atoms with van der Waals surface area (Å²) in [5, 5.41) is 14.5. The summed E-state index contributed by atoms with van der Waals surface area (Å²) < 4.78 is 11.6. The highest BCUT2D eigenvalue weighted by atomic mass is 32.1. The number of benzene rings is 18. The molecule has 0 N–H and O–H groups in total. The molecule has 0 unspecified atom stereocenters. The molecule has 558 valence electrons. The van der Waals surface area contributed by atoms with E-state index in [9.17, 15) is 0 Å². The molecule has 0 radical (unpaired) electrons. The number of nitrogens with zero attached hydrogens (tertiary/aromatic N) is 9. The molecule has 0 atom stereocenters. The highest BCUT2D eigenvalue weighted by Crippen LogP contribution is 2.57. The fourth-order valence-corrected chi connectivity index (χ4v) is 21.0. The van der Waals surface area contributed by atoms with Crippen molar-refractivity contribution in [2.45, 2.75) is 0 Å². The standard InChI is InChI=1S/C36H21N3O.2C36H21N3S/c1-5-19-30-23(12-1)25-14-7-10-22-11-8-20-31(33(22)25)39(30)36-34(37-28-17-3-4-18-29(28)38-36)27-16-9-15-26-24-13-2-6-21-32(24)40-35(26)27;1-5-18-29-23(12-1)24-14-7-10-22-11-8-19-30(33(22)24)39(29)36-35(37-27-16-3-4-17-28(27)38-36)26-15-9-21-32-34(26)25-13-2-6-20-31(25)40-32;1-5-16-30-24(11-1)26-13-7-9-22-10-8-17-31(34(22)26)39(30)36-35(37-28-14-3-4-15-29(28)38-36)23-19-20-33-27(21-23)25-12-2-6-18-32(25)40-33/h3*1-21H. The molecular weight excluding hydrogens is 1500 g/mol.